The van der Waals surface area contributed by atoms with E-state index in [0.29, 0.717) is 27.6 Å². The number of H-pyrrole nitrogens is 1. The summed E-state index contributed by atoms with van der Waals surface area (Å²) in [5, 5.41) is 0.629. The van der Waals surface area contributed by atoms with Crippen LogP contribution in [-0.4, -0.2) is 46.0 Å². The van der Waals surface area contributed by atoms with Gasteiger partial charge in [-0.25, -0.2) is 14.4 Å². The minimum Gasteiger partial charge on any atom is -0.354 e. The van der Waals surface area contributed by atoms with Crippen LogP contribution >= 0.6 is 22.9 Å². The Balaban J connectivity index is 1.30. The van der Waals surface area contributed by atoms with Crippen molar-refractivity contribution in [1.29, 1.82) is 0 Å². The Bertz CT molecular complexity index is 1260. The molecule has 9 heteroatoms. The fourth-order valence-electron chi connectivity index (χ4n) is 3.72. The third-order valence-corrected chi connectivity index (χ3v) is 6.74. The molecule has 4 heterocycles. The number of thiophene rings is 1. The molecule has 4 aromatic rings. The largest absolute Gasteiger partial charge is 0.354 e. The van der Waals surface area contributed by atoms with Crippen LogP contribution in [0.2, 0.25) is 5.02 Å². The van der Waals surface area contributed by atoms with Gasteiger partial charge in [0.05, 0.1) is 17.1 Å². The van der Waals surface area contributed by atoms with Crippen molar-refractivity contribution < 1.29 is 4.39 Å². The Kier molecular flexibility index (Phi) is 5.43. The lowest BCUT2D eigenvalue weighted by Gasteiger charge is -2.35. The van der Waals surface area contributed by atoms with Crippen molar-refractivity contribution >= 4 is 39.0 Å². The number of aromatic amines is 1. The average molecular weight is 456 g/mol. The first-order chi connectivity index (χ1) is 15.0. The van der Waals surface area contributed by atoms with Gasteiger partial charge in [-0.1, -0.05) is 23.7 Å². The zero-order valence-corrected chi connectivity index (χ0v) is 18.1. The minimum absolute atomic E-state index is 0.137. The van der Waals surface area contributed by atoms with E-state index in [9.17, 15) is 9.18 Å². The molecule has 1 aliphatic heterocycles. The van der Waals surface area contributed by atoms with Gasteiger partial charge in [0.25, 0.3) is 5.56 Å². The Labute approximate surface area is 186 Å². The maximum absolute atomic E-state index is 13.2. The topological polar surface area (TPSA) is 65.1 Å². The van der Waals surface area contributed by atoms with Gasteiger partial charge in [0.15, 0.2) is 0 Å². The van der Waals surface area contributed by atoms with E-state index in [0.717, 1.165) is 42.4 Å². The fraction of sp³-hybridized carbons (Fsp3) is 0.227. The summed E-state index contributed by atoms with van der Waals surface area (Å²) in [4.78, 5) is 30.0. The lowest BCUT2D eigenvalue weighted by atomic mass is 10.2. The van der Waals surface area contributed by atoms with Crippen LogP contribution in [0.3, 0.4) is 0 Å². The molecule has 31 heavy (non-hydrogen) atoms. The Hall–Kier alpha value is -2.81. The molecule has 1 aromatic carbocycles. The van der Waals surface area contributed by atoms with E-state index in [1.807, 2.05) is 18.2 Å². The third-order valence-electron chi connectivity index (χ3n) is 5.34. The number of hydrogen-bond donors (Lipinski definition) is 1. The van der Waals surface area contributed by atoms with Crippen molar-refractivity contribution in [3.63, 3.8) is 0 Å². The number of hydrogen-bond acceptors (Lipinski definition) is 6. The van der Waals surface area contributed by atoms with Crippen LogP contribution in [0.25, 0.3) is 20.7 Å². The molecular weight excluding hydrogens is 437 g/mol. The molecule has 0 spiro atoms. The molecule has 6 nitrogen and oxygen atoms in total. The first kappa shape index (κ1) is 20.1. The van der Waals surface area contributed by atoms with Crippen LogP contribution in [0.4, 0.5) is 10.2 Å². The first-order valence-corrected chi connectivity index (χ1v) is 11.1. The lowest BCUT2D eigenvalue weighted by Crippen LogP contribution is -2.46. The monoisotopic (exact) mass is 455 g/mol. The summed E-state index contributed by atoms with van der Waals surface area (Å²) in [5.74, 6) is 1.29. The number of halogens is 2. The molecule has 5 rings (SSSR count). The minimum atomic E-state index is -0.282. The van der Waals surface area contributed by atoms with E-state index in [1.165, 1.54) is 23.5 Å². The van der Waals surface area contributed by atoms with Crippen molar-refractivity contribution in [2.24, 2.45) is 0 Å². The maximum atomic E-state index is 13.2. The van der Waals surface area contributed by atoms with Crippen LogP contribution < -0.4 is 10.5 Å². The molecule has 3 aromatic heterocycles. The number of benzene rings is 1. The van der Waals surface area contributed by atoms with Gasteiger partial charge in [-0.3, -0.25) is 9.69 Å². The van der Waals surface area contributed by atoms with Gasteiger partial charge >= 0.3 is 0 Å². The van der Waals surface area contributed by atoms with Gasteiger partial charge < -0.3 is 9.88 Å². The summed E-state index contributed by atoms with van der Waals surface area (Å²) >= 11 is 7.29. The predicted octanol–water partition coefficient (Wildman–Crippen LogP) is 4.16. The van der Waals surface area contributed by atoms with Crippen LogP contribution in [-0.2, 0) is 6.54 Å². The SMILES string of the molecule is O=c1[nH]c(CN2CCN(c3ccc(Cl)cn3)CC2)nc2cc(-c3ccc(F)cc3)sc12. The number of nitrogens with zero attached hydrogens (tertiary/aromatic N) is 4. The zero-order valence-electron chi connectivity index (χ0n) is 16.5. The second-order valence-corrected chi connectivity index (χ2v) is 8.93. The molecule has 158 valence electrons. The highest BCUT2D eigenvalue weighted by Gasteiger charge is 2.19. The van der Waals surface area contributed by atoms with E-state index in [4.69, 9.17) is 11.6 Å². The first-order valence-electron chi connectivity index (χ1n) is 9.93. The summed E-state index contributed by atoms with van der Waals surface area (Å²) in [6.07, 6.45) is 1.66. The summed E-state index contributed by atoms with van der Waals surface area (Å²) in [6.45, 7) is 3.95. The predicted molar refractivity (Wildman–Crippen MR) is 122 cm³/mol. The number of aromatic nitrogens is 3. The standard InChI is InChI=1S/C22H19ClFN5OS/c23-15-3-6-20(25-12-15)29-9-7-28(8-10-29)13-19-26-17-11-18(31-21(17)22(30)27-19)14-1-4-16(24)5-2-14/h1-6,11-12H,7-10,13H2,(H,26,27,30). The van der Waals surface area contributed by atoms with Crippen LogP contribution in [0.5, 0.6) is 0 Å². The van der Waals surface area contributed by atoms with Crippen LogP contribution in [0.15, 0.2) is 53.5 Å². The molecule has 0 saturated carbocycles. The van der Waals surface area contributed by atoms with Crippen molar-refractivity contribution in [3.8, 4) is 10.4 Å². The molecule has 1 saturated heterocycles. The second kappa shape index (κ2) is 8.37. The quantitative estimate of drug-likeness (QED) is 0.500. The summed E-state index contributed by atoms with van der Waals surface area (Å²) < 4.78 is 13.8. The Morgan fingerprint density at radius 3 is 2.58 bits per heavy atom. The Morgan fingerprint density at radius 2 is 1.87 bits per heavy atom. The van der Waals surface area contributed by atoms with Crippen molar-refractivity contribution in [2.75, 3.05) is 31.1 Å². The number of piperazine rings is 1. The molecule has 1 N–H and O–H groups in total. The van der Waals surface area contributed by atoms with Crippen LogP contribution in [0.1, 0.15) is 5.82 Å². The molecule has 1 fully saturated rings. The number of rotatable bonds is 4. The smallest absolute Gasteiger partial charge is 0.268 e. The highest BCUT2D eigenvalue weighted by atomic mass is 35.5. The summed E-state index contributed by atoms with van der Waals surface area (Å²) in [5.41, 5.74) is 1.41. The second-order valence-electron chi connectivity index (χ2n) is 7.44. The lowest BCUT2D eigenvalue weighted by molar-refractivity contribution is 0.243. The van der Waals surface area contributed by atoms with Crippen molar-refractivity contribution in [2.45, 2.75) is 6.54 Å². The maximum Gasteiger partial charge on any atom is 0.268 e. The number of anilines is 1. The van der Waals surface area contributed by atoms with E-state index in [1.54, 1.807) is 18.3 Å². The molecule has 0 bridgehead atoms. The summed E-state index contributed by atoms with van der Waals surface area (Å²) in [6, 6.07) is 11.9. The number of pyridine rings is 1. The number of nitrogens with one attached hydrogen (secondary N) is 1. The van der Waals surface area contributed by atoms with Crippen LogP contribution in [0, 0.1) is 5.82 Å². The van der Waals surface area contributed by atoms with Gasteiger partial charge in [-0.2, -0.15) is 0 Å². The normalized spacial score (nSPS) is 15.0. The molecule has 1 aliphatic rings. The summed E-state index contributed by atoms with van der Waals surface area (Å²) in [7, 11) is 0. The highest BCUT2D eigenvalue weighted by Crippen LogP contribution is 2.31. The van der Waals surface area contributed by atoms with E-state index < -0.39 is 0 Å². The van der Waals surface area contributed by atoms with Gasteiger partial charge in [0.2, 0.25) is 0 Å². The molecule has 0 aliphatic carbocycles. The molecule has 0 amide bonds. The van der Waals surface area contributed by atoms with Gasteiger partial charge in [0.1, 0.15) is 22.2 Å². The van der Waals surface area contributed by atoms with Crippen molar-refractivity contribution in [1.82, 2.24) is 19.9 Å². The fourth-order valence-corrected chi connectivity index (χ4v) is 4.83. The van der Waals surface area contributed by atoms with E-state index in [2.05, 4.69) is 24.8 Å². The zero-order chi connectivity index (χ0) is 21.4. The highest BCUT2D eigenvalue weighted by molar-refractivity contribution is 7.22. The molecule has 0 unspecified atom stereocenters. The van der Waals surface area contributed by atoms with Gasteiger partial charge in [-0.15, -0.1) is 11.3 Å². The Morgan fingerprint density at radius 1 is 1.10 bits per heavy atom. The van der Waals surface area contributed by atoms with E-state index >= 15 is 0 Å². The van der Waals surface area contributed by atoms with Crippen molar-refractivity contribution in [3.05, 3.63) is 75.7 Å². The molecule has 0 radical (unpaired) electrons. The number of fused-ring (bicyclic) bond motifs is 1. The third kappa shape index (κ3) is 4.32. The van der Waals surface area contributed by atoms with Gasteiger partial charge in [0, 0.05) is 37.3 Å². The van der Waals surface area contributed by atoms with Gasteiger partial charge in [-0.05, 0) is 35.9 Å². The average Bonchev–Trinajstić information content (AvgIpc) is 3.20. The van der Waals surface area contributed by atoms with E-state index in [-0.39, 0.29) is 11.4 Å². The molecular formula is C22H19ClFN5OS. The molecule has 0 atom stereocenters.